The number of Topliss-reactive ketones (excluding diaryl/α,β-unsaturated/α-hetero) is 1. The van der Waals surface area contributed by atoms with Gasteiger partial charge in [-0.25, -0.2) is 0 Å². The van der Waals surface area contributed by atoms with E-state index in [1.165, 1.54) is 5.56 Å². The van der Waals surface area contributed by atoms with Crippen molar-refractivity contribution < 1.29 is 9.53 Å². The van der Waals surface area contributed by atoms with Crippen molar-refractivity contribution in [1.82, 2.24) is 0 Å². The highest BCUT2D eigenvalue weighted by Gasteiger charge is 2.23. The van der Waals surface area contributed by atoms with Crippen LogP contribution in [-0.2, 0) is 4.74 Å². The lowest BCUT2D eigenvalue weighted by molar-refractivity contribution is 0.0114. The van der Waals surface area contributed by atoms with Crippen LogP contribution in [0.4, 0.5) is 0 Å². The van der Waals surface area contributed by atoms with Gasteiger partial charge >= 0.3 is 0 Å². The lowest BCUT2D eigenvalue weighted by Gasteiger charge is -2.20. The normalized spacial score (nSPS) is 12.4. The highest BCUT2D eigenvalue weighted by atomic mass is 16.5. The molecule has 0 aliphatic carbocycles. The molecule has 110 valence electrons. The summed E-state index contributed by atoms with van der Waals surface area (Å²) in [5, 5.41) is 0. The summed E-state index contributed by atoms with van der Waals surface area (Å²) >= 11 is 0. The molecule has 2 heteroatoms. The van der Waals surface area contributed by atoms with Crippen LogP contribution in [0.25, 0.3) is 0 Å². The van der Waals surface area contributed by atoms with Crippen LogP contribution in [0.2, 0.25) is 0 Å². The maximum atomic E-state index is 12.8. The van der Waals surface area contributed by atoms with E-state index in [4.69, 9.17) is 4.74 Å². The first-order chi connectivity index (χ1) is 9.97. The molecule has 21 heavy (non-hydrogen) atoms. The number of carbonyl (C=O) groups is 1. The minimum absolute atomic E-state index is 0.00699. The number of ketones is 1. The molecule has 1 unspecified atom stereocenters. The van der Waals surface area contributed by atoms with Crippen LogP contribution in [0.15, 0.2) is 48.5 Å². The first-order valence-electron chi connectivity index (χ1n) is 7.30. The molecule has 2 aromatic carbocycles. The van der Waals surface area contributed by atoms with Gasteiger partial charge in [0.2, 0.25) is 0 Å². The van der Waals surface area contributed by atoms with E-state index in [0.29, 0.717) is 5.56 Å². The van der Waals surface area contributed by atoms with Gasteiger partial charge in [-0.15, -0.1) is 0 Å². The molecule has 2 rings (SSSR count). The number of rotatable bonds is 5. The van der Waals surface area contributed by atoms with Crippen LogP contribution in [0, 0.1) is 13.8 Å². The fraction of sp³-hybridized carbons (Fsp3) is 0.316. The van der Waals surface area contributed by atoms with Gasteiger partial charge in [0.15, 0.2) is 5.78 Å². The third-order valence-corrected chi connectivity index (χ3v) is 3.36. The Bertz CT molecular complexity index is 594. The molecular formula is C19H22O2. The Morgan fingerprint density at radius 1 is 0.857 bits per heavy atom. The Kier molecular flexibility index (Phi) is 4.92. The van der Waals surface area contributed by atoms with Gasteiger partial charge < -0.3 is 4.74 Å². The van der Waals surface area contributed by atoms with Gasteiger partial charge in [-0.05, 0) is 33.3 Å². The topological polar surface area (TPSA) is 26.3 Å². The zero-order valence-corrected chi connectivity index (χ0v) is 13.1. The van der Waals surface area contributed by atoms with E-state index in [0.717, 1.165) is 11.1 Å². The molecular weight excluding hydrogens is 260 g/mol. The number of carbonyl (C=O) groups excluding carboxylic acids is 1. The van der Waals surface area contributed by atoms with Crippen LogP contribution < -0.4 is 0 Å². The molecule has 0 aromatic heterocycles. The quantitative estimate of drug-likeness (QED) is 0.746. The Balaban J connectivity index is 2.33. The van der Waals surface area contributed by atoms with E-state index >= 15 is 0 Å². The van der Waals surface area contributed by atoms with Crippen molar-refractivity contribution in [2.24, 2.45) is 0 Å². The molecule has 0 N–H and O–H groups in total. The molecule has 2 nitrogen and oxygen atoms in total. The van der Waals surface area contributed by atoms with Gasteiger partial charge in [0, 0.05) is 5.56 Å². The molecule has 0 heterocycles. The molecule has 2 aromatic rings. The van der Waals surface area contributed by atoms with E-state index < -0.39 is 6.10 Å². The van der Waals surface area contributed by atoms with Crippen molar-refractivity contribution in [2.45, 2.75) is 39.9 Å². The van der Waals surface area contributed by atoms with Crippen molar-refractivity contribution in [3.8, 4) is 0 Å². The minimum Gasteiger partial charge on any atom is -0.363 e. The molecule has 0 aliphatic rings. The highest BCUT2D eigenvalue weighted by molar-refractivity contribution is 6.00. The number of hydrogen-bond acceptors (Lipinski definition) is 2. The summed E-state index contributed by atoms with van der Waals surface area (Å²) in [5.41, 5.74) is 3.90. The van der Waals surface area contributed by atoms with Crippen molar-refractivity contribution in [3.63, 3.8) is 0 Å². The summed E-state index contributed by atoms with van der Waals surface area (Å²) in [7, 11) is 0. The summed E-state index contributed by atoms with van der Waals surface area (Å²) < 4.78 is 5.87. The summed E-state index contributed by atoms with van der Waals surface area (Å²) in [4.78, 5) is 12.8. The van der Waals surface area contributed by atoms with E-state index in [-0.39, 0.29) is 11.9 Å². The third-order valence-electron chi connectivity index (χ3n) is 3.36. The molecule has 0 saturated heterocycles. The lowest BCUT2D eigenvalue weighted by Crippen LogP contribution is -2.20. The largest absolute Gasteiger partial charge is 0.363 e. The Labute approximate surface area is 126 Å². The first kappa shape index (κ1) is 15.5. The van der Waals surface area contributed by atoms with Crippen molar-refractivity contribution in [3.05, 3.63) is 70.8 Å². The first-order valence-corrected chi connectivity index (χ1v) is 7.30. The van der Waals surface area contributed by atoms with Crippen molar-refractivity contribution >= 4 is 5.78 Å². The highest BCUT2D eigenvalue weighted by Crippen LogP contribution is 2.24. The molecule has 0 fully saturated rings. The fourth-order valence-electron chi connectivity index (χ4n) is 2.17. The van der Waals surface area contributed by atoms with Crippen LogP contribution in [0.3, 0.4) is 0 Å². The molecule has 0 aliphatic heterocycles. The minimum atomic E-state index is -0.548. The monoisotopic (exact) mass is 282 g/mol. The zero-order valence-electron chi connectivity index (χ0n) is 13.1. The van der Waals surface area contributed by atoms with E-state index in [1.807, 2.05) is 76.2 Å². The van der Waals surface area contributed by atoms with Gasteiger partial charge in [0.1, 0.15) is 6.10 Å². The van der Waals surface area contributed by atoms with Crippen molar-refractivity contribution in [1.29, 1.82) is 0 Å². The standard InChI is InChI=1S/C19H22O2/c1-13(2)21-19(17-11-7-15(4)8-12-17)18(20)16-9-5-14(3)6-10-16/h5-13,19H,1-4H3. The molecule has 0 saturated carbocycles. The molecule has 1 atom stereocenters. The van der Waals surface area contributed by atoms with Crippen molar-refractivity contribution in [2.75, 3.05) is 0 Å². The van der Waals surface area contributed by atoms with Crippen LogP contribution in [0.1, 0.15) is 47.0 Å². The Hall–Kier alpha value is -1.93. The number of aryl methyl sites for hydroxylation is 2. The number of ether oxygens (including phenoxy) is 1. The number of benzene rings is 2. The summed E-state index contributed by atoms with van der Waals surface area (Å²) in [6, 6.07) is 15.6. The van der Waals surface area contributed by atoms with E-state index in [9.17, 15) is 4.79 Å². The van der Waals surface area contributed by atoms with Gasteiger partial charge in [-0.3, -0.25) is 4.79 Å². The van der Waals surface area contributed by atoms with Crippen LogP contribution >= 0.6 is 0 Å². The smallest absolute Gasteiger partial charge is 0.196 e. The predicted molar refractivity (Wildman–Crippen MR) is 85.7 cm³/mol. The molecule has 0 radical (unpaired) electrons. The van der Waals surface area contributed by atoms with E-state index in [2.05, 4.69) is 0 Å². The Morgan fingerprint density at radius 3 is 1.81 bits per heavy atom. The lowest BCUT2D eigenvalue weighted by atomic mass is 9.98. The fourth-order valence-corrected chi connectivity index (χ4v) is 2.17. The number of hydrogen-bond donors (Lipinski definition) is 0. The second kappa shape index (κ2) is 6.68. The van der Waals surface area contributed by atoms with Gasteiger partial charge in [-0.2, -0.15) is 0 Å². The predicted octanol–water partition coefficient (Wildman–Crippen LogP) is 4.65. The molecule has 0 amide bonds. The molecule has 0 spiro atoms. The summed E-state index contributed by atoms with van der Waals surface area (Å²) in [6.45, 7) is 7.94. The molecule has 0 bridgehead atoms. The van der Waals surface area contributed by atoms with Crippen LogP contribution in [0.5, 0.6) is 0 Å². The maximum absolute atomic E-state index is 12.8. The van der Waals surface area contributed by atoms with Crippen LogP contribution in [-0.4, -0.2) is 11.9 Å². The van der Waals surface area contributed by atoms with Gasteiger partial charge in [-0.1, -0.05) is 59.7 Å². The zero-order chi connectivity index (χ0) is 15.4. The second-order valence-corrected chi connectivity index (χ2v) is 5.71. The summed E-state index contributed by atoms with van der Waals surface area (Å²) in [6.07, 6.45) is -0.556. The average Bonchev–Trinajstić information content (AvgIpc) is 2.46. The SMILES string of the molecule is Cc1ccc(C(=O)C(OC(C)C)c2ccc(C)cc2)cc1. The van der Waals surface area contributed by atoms with E-state index in [1.54, 1.807) is 0 Å². The average molecular weight is 282 g/mol. The van der Waals surface area contributed by atoms with Gasteiger partial charge in [0.05, 0.1) is 6.10 Å². The van der Waals surface area contributed by atoms with Gasteiger partial charge in [0.25, 0.3) is 0 Å². The Morgan fingerprint density at radius 2 is 1.33 bits per heavy atom. The summed E-state index contributed by atoms with van der Waals surface area (Å²) in [5.74, 6) is 0.00699. The maximum Gasteiger partial charge on any atom is 0.196 e. The second-order valence-electron chi connectivity index (χ2n) is 5.71. The third kappa shape index (κ3) is 4.02.